The van der Waals surface area contributed by atoms with Crippen LogP contribution in [0.5, 0.6) is 0 Å². The van der Waals surface area contributed by atoms with Gasteiger partial charge in [0.2, 0.25) is 5.91 Å². The van der Waals surface area contributed by atoms with E-state index in [-0.39, 0.29) is 5.91 Å². The lowest BCUT2D eigenvalue weighted by molar-refractivity contribution is -0.132. The largest absolute Gasteiger partial charge is 0.356 e. The molecule has 0 aromatic carbocycles. The molecule has 0 unspecified atom stereocenters. The van der Waals surface area contributed by atoms with Gasteiger partial charge in [0.25, 0.3) is 0 Å². The third-order valence-corrected chi connectivity index (χ3v) is 4.28. The number of nitrogens with zero attached hydrogens (tertiary/aromatic N) is 1. The molecule has 0 aliphatic heterocycles. The summed E-state index contributed by atoms with van der Waals surface area (Å²) < 4.78 is 0. The van der Waals surface area contributed by atoms with E-state index in [2.05, 4.69) is 31.1 Å². The summed E-state index contributed by atoms with van der Waals surface area (Å²) in [5.74, 6) is 0.0391. The SMILES string of the molecule is CC(C)N(C)CCCCNC(=O)C(C)(C)C(C)(C)N. The van der Waals surface area contributed by atoms with Gasteiger partial charge in [-0.05, 0) is 68.0 Å². The fourth-order valence-corrected chi connectivity index (χ4v) is 1.46. The highest BCUT2D eigenvalue weighted by molar-refractivity contribution is 5.83. The van der Waals surface area contributed by atoms with Gasteiger partial charge in [-0.15, -0.1) is 0 Å². The first-order valence-corrected chi connectivity index (χ1v) is 7.27. The second kappa shape index (κ2) is 7.25. The smallest absolute Gasteiger partial charge is 0.227 e. The molecule has 0 bridgehead atoms. The summed E-state index contributed by atoms with van der Waals surface area (Å²) in [5, 5.41) is 2.99. The van der Waals surface area contributed by atoms with Gasteiger partial charge in [0.1, 0.15) is 0 Å². The van der Waals surface area contributed by atoms with Gasteiger partial charge in [0.15, 0.2) is 0 Å². The zero-order chi connectivity index (χ0) is 15.3. The third-order valence-electron chi connectivity index (χ3n) is 4.28. The fraction of sp³-hybridized carbons (Fsp3) is 0.933. The Balaban J connectivity index is 3.94. The van der Waals surface area contributed by atoms with E-state index in [0.29, 0.717) is 6.04 Å². The van der Waals surface area contributed by atoms with Crippen molar-refractivity contribution in [3.05, 3.63) is 0 Å². The highest BCUT2D eigenvalue weighted by Crippen LogP contribution is 2.28. The molecule has 0 heterocycles. The molecule has 0 atom stereocenters. The summed E-state index contributed by atoms with van der Waals surface area (Å²) in [5.41, 5.74) is 4.98. The third kappa shape index (κ3) is 5.91. The normalized spacial score (nSPS) is 13.2. The van der Waals surface area contributed by atoms with E-state index in [1.165, 1.54) is 0 Å². The van der Waals surface area contributed by atoms with Crippen LogP contribution in [0.15, 0.2) is 0 Å². The Morgan fingerprint density at radius 2 is 1.74 bits per heavy atom. The first-order valence-electron chi connectivity index (χ1n) is 7.27. The number of rotatable bonds is 8. The lowest BCUT2D eigenvalue weighted by atomic mass is 9.74. The lowest BCUT2D eigenvalue weighted by Gasteiger charge is -2.36. The van der Waals surface area contributed by atoms with Gasteiger partial charge >= 0.3 is 0 Å². The maximum absolute atomic E-state index is 12.1. The van der Waals surface area contributed by atoms with Crippen LogP contribution in [0.4, 0.5) is 0 Å². The number of nitrogens with two attached hydrogens (primary N) is 1. The van der Waals surface area contributed by atoms with Crippen molar-refractivity contribution in [1.29, 1.82) is 0 Å². The molecule has 19 heavy (non-hydrogen) atoms. The topological polar surface area (TPSA) is 58.4 Å². The minimum atomic E-state index is -0.554. The van der Waals surface area contributed by atoms with Crippen LogP contribution in [-0.2, 0) is 4.79 Å². The van der Waals surface area contributed by atoms with Crippen LogP contribution < -0.4 is 11.1 Å². The van der Waals surface area contributed by atoms with Crippen LogP contribution in [0.1, 0.15) is 54.4 Å². The predicted molar refractivity (Wildman–Crippen MR) is 82.1 cm³/mol. The minimum absolute atomic E-state index is 0.0391. The molecule has 3 N–H and O–H groups in total. The number of amides is 1. The molecule has 0 radical (unpaired) electrons. The van der Waals surface area contributed by atoms with Crippen molar-refractivity contribution in [2.24, 2.45) is 11.1 Å². The quantitative estimate of drug-likeness (QED) is 0.664. The molecule has 0 rings (SSSR count). The standard InChI is InChI=1S/C15H33N3O/c1-12(2)18(7)11-9-8-10-17-13(19)14(3,4)15(5,6)16/h12H,8-11,16H2,1-7H3,(H,17,19). The molecule has 0 aliphatic rings. The van der Waals surface area contributed by atoms with E-state index in [1.807, 2.05) is 27.7 Å². The van der Waals surface area contributed by atoms with E-state index in [9.17, 15) is 4.79 Å². The van der Waals surface area contributed by atoms with Gasteiger partial charge < -0.3 is 16.0 Å². The van der Waals surface area contributed by atoms with Crippen molar-refractivity contribution in [3.63, 3.8) is 0 Å². The minimum Gasteiger partial charge on any atom is -0.356 e. The van der Waals surface area contributed by atoms with Crippen molar-refractivity contribution in [2.45, 2.75) is 66.0 Å². The second-order valence-electron chi connectivity index (χ2n) is 6.88. The van der Waals surface area contributed by atoms with Gasteiger partial charge in [0, 0.05) is 18.1 Å². The Labute approximate surface area is 119 Å². The monoisotopic (exact) mass is 271 g/mol. The van der Waals surface area contributed by atoms with Gasteiger partial charge in [-0.1, -0.05) is 0 Å². The first kappa shape index (κ1) is 18.4. The summed E-state index contributed by atoms with van der Waals surface area (Å²) in [6.07, 6.45) is 2.10. The molecule has 0 aliphatic carbocycles. The molecule has 0 spiro atoms. The van der Waals surface area contributed by atoms with Crippen LogP contribution in [-0.4, -0.2) is 42.5 Å². The summed E-state index contributed by atoms with van der Waals surface area (Å²) in [6, 6.07) is 0.576. The van der Waals surface area contributed by atoms with Crippen molar-refractivity contribution in [2.75, 3.05) is 20.1 Å². The van der Waals surface area contributed by atoms with Gasteiger partial charge in [-0.25, -0.2) is 0 Å². The van der Waals surface area contributed by atoms with Gasteiger partial charge in [-0.2, -0.15) is 0 Å². The molecule has 114 valence electrons. The Morgan fingerprint density at radius 3 is 2.16 bits per heavy atom. The molecular formula is C15H33N3O. The number of hydrogen-bond donors (Lipinski definition) is 2. The summed E-state index contributed by atoms with van der Waals surface area (Å²) in [7, 11) is 2.13. The van der Waals surface area contributed by atoms with Crippen molar-refractivity contribution < 1.29 is 4.79 Å². The number of carbonyl (C=O) groups is 1. The van der Waals surface area contributed by atoms with E-state index < -0.39 is 11.0 Å². The number of carbonyl (C=O) groups excluding carboxylic acids is 1. The average molecular weight is 271 g/mol. The summed E-state index contributed by atoms with van der Waals surface area (Å²) >= 11 is 0. The number of hydrogen-bond acceptors (Lipinski definition) is 3. The van der Waals surface area contributed by atoms with Crippen LogP contribution in [0.25, 0.3) is 0 Å². The number of unbranched alkanes of at least 4 members (excludes halogenated alkanes) is 1. The van der Waals surface area contributed by atoms with Crippen molar-refractivity contribution in [1.82, 2.24) is 10.2 Å². The predicted octanol–water partition coefficient (Wildman–Crippen LogP) is 1.99. The Bertz CT molecular complexity index is 280. The molecule has 0 fully saturated rings. The molecule has 1 amide bonds. The first-order chi connectivity index (χ1) is 8.50. The highest BCUT2D eigenvalue weighted by atomic mass is 16.2. The molecule has 4 nitrogen and oxygen atoms in total. The molecule has 0 aromatic rings. The average Bonchev–Trinajstić information content (AvgIpc) is 2.26. The summed E-state index contributed by atoms with van der Waals surface area (Å²) in [6.45, 7) is 13.8. The maximum atomic E-state index is 12.1. The maximum Gasteiger partial charge on any atom is 0.227 e. The Morgan fingerprint density at radius 1 is 1.21 bits per heavy atom. The molecule has 0 saturated heterocycles. The van der Waals surface area contributed by atoms with Crippen LogP contribution in [0.2, 0.25) is 0 Å². The van der Waals surface area contributed by atoms with E-state index in [0.717, 1.165) is 25.9 Å². The molecular weight excluding hydrogens is 238 g/mol. The van der Waals surface area contributed by atoms with E-state index in [1.54, 1.807) is 0 Å². The van der Waals surface area contributed by atoms with Gasteiger partial charge in [-0.3, -0.25) is 4.79 Å². The van der Waals surface area contributed by atoms with Gasteiger partial charge in [0.05, 0.1) is 5.41 Å². The van der Waals surface area contributed by atoms with Crippen LogP contribution in [0.3, 0.4) is 0 Å². The Kier molecular flexibility index (Phi) is 7.01. The number of nitrogens with one attached hydrogen (secondary N) is 1. The highest BCUT2D eigenvalue weighted by Gasteiger charge is 2.39. The Hall–Kier alpha value is -0.610. The van der Waals surface area contributed by atoms with E-state index >= 15 is 0 Å². The molecule has 0 aromatic heterocycles. The molecule has 0 saturated carbocycles. The molecule has 4 heteroatoms. The zero-order valence-corrected chi connectivity index (χ0v) is 13.8. The van der Waals surface area contributed by atoms with Crippen LogP contribution in [0, 0.1) is 5.41 Å². The lowest BCUT2D eigenvalue weighted by Crippen LogP contribution is -2.55. The van der Waals surface area contributed by atoms with Crippen molar-refractivity contribution in [3.8, 4) is 0 Å². The fourth-order valence-electron chi connectivity index (χ4n) is 1.46. The van der Waals surface area contributed by atoms with Crippen molar-refractivity contribution >= 4 is 5.91 Å². The van der Waals surface area contributed by atoms with Crippen LogP contribution >= 0.6 is 0 Å². The van der Waals surface area contributed by atoms with E-state index in [4.69, 9.17) is 5.73 Å². The zero-order valence-electron chi connectivity index (χ0n) is 13.8. The second-order valence-corrected chi connectivity index (χ2v) is 6.88. The summed E-state index contributed by atoms with van der Waals surface area (Å²) in [4.78, 5) is 14.4.